The quantitative estimate of drug-likeness (QED) is 0.0407. The number of aromatic nitrogens is 2. The van der Waals surface area contributed by atoms with Gasteiger partial charge in [-0.15, -0.1) is 0 Å². The smallest absolute Gasteiger partial charge is 0.330 e. The highest BCUT2D eigenvalue weighted by molar-refractivity contribution is 6.39. The number of ether oxygens (including phenoxy) is 6. The summed E-state index contributed by atoms with van der Waals surface area (Å²) in [6.07, 6.45) is 3.85. The van der Waals surface area contributed by atoms with E-state index in [4.69, 9.17) is 44.4 Å². The number of aliphatic hydroxyl groups excluding tert-OH is 2. The van der Waals surface area contributed by atoms with Crippen LogP contribution < -0.4 is 10.1 Å². The number of halogens is 2. The second kappa shape index (κ2) is 31.5. The second-order valence-corrected chi connectivity index (χ2v) is 28.1. The van der Waals surface area contributed by atoms with Gasteiger partial charge in [0.15, 0.2) is 0 Å². The zero-order valence-corrected chi connectivity index (χ0v) is 57.2. The maximum atomic E-state index is 14.9. The van der Waals surface area contributed by atoms with E-state index >= 15 is 0 Å². The molecular weight excluding hydrogens is 1270 g/mol. The van der Waals surface area contributed by atoms with Crippen LogP contribution in [0.4, 0.5) is 15.9 Å². The number of anilines is 2. The van der Waals surface area contributed by atoms with Crippen molar-refractivity contribution in [2.45, 2.75) is 172 Å². The van der Waals surface area contributed by atoms with Crippen molar-refractivity contribution in [1.29, 1.82) is 0 Å². The number of nitrogens with one attached hydrogen (secondary N) is 1. The van der Waals surface area contributed by atoms with Gasteiger partial charge >= 0.3 is 5.97 Å². The van der Waals surface area contributed by atoms with Crippen LogP contribution in [-0.2, 0) is 60.8 Å². The van der Waals surface area contributed by atoms with Crippen LogP contribution in [0, 0.1) is 41.3 Å². The molecule has 0 radical (unpaired) electrons. The fraction of sp³-hybridized carbons (Fsp3) is 0.554. The lowest BCUT2D eigenvalue weighted by molar-refractivity contribution is -0.302. The highest BCUT2D eigenvalue weighted by Gasteiger charge is 2.58. The Bertz CT molecular complexity index is 3710. The Balaban J connectivity index is 0.752. The Morgan fingerprint density at radius 1 is 0.856 bits per heavy atom. The van der Waals surface area contributed by atoms with E-state index in [1.165, 1.54) is 37.6 Å². The van der Waals surface area contributed by atoms with Gasteiger partial charge in [0.05, 0.1) is 47.6 Å². The average Bonchev–Trinajstić information content (AvgIpc) is 1.07. The van der Waals surface area contributed by atoms with Gasteiger partial charge < -0.3 is 63.3 Å². The number of ketones is 2. The van der Waals surface area contributed by atoms with Crippen LogP contribution in [0.2, 0.25) is 5.02 Å². The van der Waals surface area contributed by atoms with Gasteiger partial charge in [-0.25, -0.2) is 19.2 Å². The van der Waals surface area contributed by atoms with Crippen LogP contribution in [0.3, 0.4) is 0 Å². The molecule has 15 atom stereocenters. The molecule has 4 N–H and O–H groups in total. The number of carbonyl (C=O) groups is 5. The number of allylic oxidation sites excluding steroid dienone is 3. The number of aliphatic hydroxyl groups is 3. The van der Waals surface area contributed by atoms with E-state index in [0.29, 0.717) is 130 Å². The molecule has 5 fully saturated rings. The average molecular weight is 1360 g/mol. The van der Waals surface area contributed by atoms with Gasteiger partial charge in [-0.1, -0.05) is 62.2 Å². The number of amides is 2. The number of piperidine rings is 1. The van der Waals surface area contributed by atoms with Crippen LogP contribution in [-0.4, -0.2) is 178 Å². The third-order valence-electron chi connectivity index (χ3n) is 20.9. The van der Waals surface area contributed by atoms with Crippen LogP contribution in [0.25, 0.3) is 22.2 Å². The van der Waals surface area contributed by atoms with Crippen LogP contribution in [0.15, 0.2) is 107 Å². The van der Waals surface area contributed by atoms with Crippen molar-refractivity contribution in [2.24, 2.45) is 35.5 Å². The molecule has 7 heterocycles. The van der Waals surface area contributed by atoms with Gasteiger partial charge in [-0.3, -0.25) is 24.1 Å². The molecule has 6 aliphatic rings. The number of hydrogen-bond donors (Lipinski definition) is 4. The molecule has 3 aromatic carbocycles. The fourth-order valence-corrected chi connectivity index (χ4v) is 15.6. The standard InChI is InChI=1S/C74H92ClFN6O15/c1-42-29-43(2)31-64(92-6)69-65(93-7)32-44(3)74(90,97-69)70(87)72(88)82-24-10-14-53-54(34-46-16-21-58(83)63(35-46)91-5)68(96-73(89)67(53)82)45(4)59(84)38-60(85)48(30-42)12-9-15-66(86)81-27-25-80(26-28-81)39-52-19-23-61(95-52)49-17-20-57-55(36-49)71(78-41-77-57)79-51-18-22-62(56(75)37-51)94-40-47-11-8-13-50(76)33-47/h8,11,13,17-20,22-23,30,33-34,36-37,41,43-46,48,53,58-59,63-65,67-69,83-84,90H,9-10,12,14-16,21,24-29,31-32,35,38-40H2,1-7H3,(H,77,78,79)/b42-30+,54-34+/t43-,44+,45+,46-,48+,53?,58+,59-,63+,64-,65-,67-,68-,69+,74+/m0/s1. The maximum Gasteiger partial charge on any atom is 0.330 e. The first-order valence-corrected chi connectivity index (χ1v) is 34.6. The molecule has 5 aromatic rings. The van der Waals surface area contributed by atoms with E-state index in [1.54, 1.807) is 45.2 Å². The van der Waals surface area contributed by atoms with Crippen molar-refractivity contribution in [1.82, 2.24) is 24.7 Å². The molecular formula is C74H92ClFN6O15. The zero-order valence-electron chi connectivity index (χ0n) is 56.4. The van der Waals surface area contributed by atoms with Gasteiger partial charge in [-0.2, -0.15) is 0 Å². The first-order valence-electron chi connectivity index (χ1n) is 34.2. The summed E-state index contributed by atoms with van der Waals surface area (Å²) < 4.78 is 56.4. The number of benzene rings is 3. The summed E-state index contributed by atoms with van der Waals surface area (Å²) in [5, 5.41) is 39.9. The van der Waals surface area contributed by atoms with Gasteiger partial charge in [0.2, 0.25) is 11.7 Å². The molecule has 2 amide bonds. The van der Waals surface area contributed by atoms with Crippen molar-refractivity contribution in [3.05, 3.63) is 125 Å². The van der Waals surface area contributed by atoms with E-state index < -0.39 is 95.9 Å². The topological polar surface area (TPSA) is 262 Å². The number of methoxy groups -OCH3 is 3. The number of piperazine rings is 1. The highest BCUT2D eigenvalue weighted by Crippen LogP contribution is 2.45. The number of carbonyl (C=O) groups excluding carboxylic acids is 5. The number of Topliss-reactive ketones (excluding diaryl/α,β-unsaturated/α-hetero) is 2. The molecule has 0 spiro atoms. The Labute approximate surface area is 571 Å². The summed E-state index contributed by atoms with van der Waals surface area (Å²) in [6.45, 7) is 10.3. The summed E-state index contributed by atoms with van der Waals surface area (Å²) in [5.41, 5.74) is 4.47. The predicted molar refractivity (Wildman–Crippen MR) is 359 cm³/mol. The molecule has 2 aromatic heterocycles. The Kier molecular flexibility index (Phi) is 23.1. The lowest BCUT2D eigenvalue weighted by Crippen LogP contribution is -2.66. The van der Waals surface area contributed by atoms with Gasteiger partial charge in [-0.05, 0) is 155 Å². The van der Waals surface area contributed by atoms with Crippen LogP contribution in [0.1, 0.15) is 116 Å². The van der Waals surface area contributed by atoms with Crippen LogP contribution in [0.5, 0.6) is 5.75 Å². The Morgan fingerprint density at radius 3 is 2.38 bits per heavy atom. The van der Waals surface area contributed by atoms with Crippen LogP contribution >= 0.6 is 11.6 Å². The van der Waals surface area contributed by atoms with Gasteiger partial charge in [0.1, 0.15) is 65.9 Å². The molecule has 11 rings (SSSR count). The molecule has 21 nitrogen and oxygen atoms in total. The molecule has 1 unspecified atom stereocenters. The monoisotopic (exact) mass is 1360 g/mol. The summed E-state index contributed by atoms with van der Waals surface area (Å²) in [5.74, 6) is -6.99. The van der Waals surface area contributed by atoms with E-state index in [1.807, 2.05) is 67.3 Å². The largest absolute Gasteiger partial charge is 0.487 e. The van der Waals surface area contributed by atoms with Gasteiger partial charge in [0, 0.05) is 107 Å². The minimum absolute atomic E-state index is 0.0177. The van der Waals surface area contributed by atoms with Gasteiger partial charge in [0.25, 0.3) is 11.7 Å². The third-order valence-corrected chi connectivity index (χ3v) is 21.2. The molecule has 23 heteroatoms. The molecule has 4 bridgehead atoms. The summed E-state index contributed by atoms with van der Waals surface area (Å²) in [7, 11) is 4.59. The Morgan fingerprint density at radius 2 is 1.63 bits per heavy atom. The summed E-state index contributed by atoms with van der Waals surface area (Å²) in [6, 6.07) is 20.0. The van der Waals surface area contributed by atoms with E-state index in [-0.39, 0.29) is 61.8 Å². The molecule has 1 aliphatic carbocycles. The van der Waals surface area contributed by atoms with Crippen molar-refractivity contribution in [2.75, 3.05) is 59.4 Å². The third kappa shape index (κ3) is 16.4. The number of nitrogens with zero attached hydrogens (tertiary/aromatic N) is 5. The molecule has 1 saturated carbocycles. The number of fused-ring (bicyclic) bond motifs is 5. The SMILES string of the molecule is CO[C@H]1C[C@@H](C)C/C(C)=C/[C@@H](CCCC(=O)N2CCN(Cc3ccc(-c4ccc5ncnc(Nc6ccc(OCc7cccc(F)c7)c(Cl)c6)c5c4)o3)CC2)C(=O)C[C@H](O)[C@@H](C)[C@@H]2OC(=O)[C@@H]3C(CCCN3C(=O)C(=O)[C@]3(O)O[C@H]1[C@@H](OC)C[C@H]3C)/C2=C\[C@@H]1CC[C@@H](O)[C@H](OC)C1. The maximum absolute atomic E-state index is 14.9. The van der Waals surface area contributed by atoms with Crippen molar-refractivity contribution >= 4 is 63.4 Å². The zero-order chi connectivity index (χ0) is 68.8. The van der Waals surface area contributed by atoms with E-state index in [9.17, 15) is 43.7 Å². The minimum atomic E-state index is -2.59. The first-order chi connectivity index (χ1) is 46.6. The number of esters is 1. The predicted octanol–water partition coefficient (Wildman–Crippen LogP) is 10.1. The summed E-state index contributed by atoms with van der Waals surface area (Å²) in [4.78, 5) is 87.3. The molecule has 97 heavy (non-hydrogen) atoms. The summed E-state index contributed by atoms with van der Waals surface area (Å²) >= 11 is 6.63. The highest BCUT2D eigenvalue weighted by atomic mass is 35.5. The van der Waals surface area contributed by atoms with Crippen molar-refractivity contribution in [3.63, 3.8) is 0 Å². The molecule has 522 valence electrons. The van der Waals surface area contributed by atoms with E-state index in [0.717, 1.165) is 27.8 Å². The Hall–Kier alpha value is -6.99. The minimum Gasteiger partial charge on any atom is -0.487 e. The molecule has 5 aliphatic heterocycles. The lowest BCUT2D eigenvalue weighted by atomic mass is 9.72. The lowest BCUT2D eigenvalue weighted by Gasteiger charge is -2.49. The first kappa shape index (κ1) is 71.3. The molecule has 4 saturated heterocycles. The second-order valence-electron chi connectivity index (χ2n) is 27.6. The number of hydrogen-bond acceptors (Lipinski definition) is 19. The van der Waals surface area contributed by atoms with Crippen molar-refractivity contribution in [3.8, 4) is 17.1 Å². The van der Waals surface area contributed by atoms with E-state index in [2.05, 4.69) is 20.2 Å². The normalized spacial score (nSPS) is 31.4. The van der Waals surface area contributed by atoms with Crippen molar-refractivity contribution < 1.29 is 76.5 Å². The number of rotatable bonds is 16. The number of furan rings is 1. The fourth-order valence-electron chi connectivity index (χ4n) is 15.4.